The van der Waals surface area contributed by atoms with Gasteiger partial charge in [0.2, 0.25) is 5.91 Å². The molecular formula is C22H24ClN3OS. The molecule has 0 bridgehead atoms. The molecule has 4 rings (SSSR count). The van der Waals surface area contributed by atoms with Crippen molar-refractivity contribution in [1.29, 1.82) is 0 Å². The van der Waals surface area contributed by atoms with Gasteiger partial charge in [-0.25, -0.2) is 4.98 Å². The van der Waals surface area contributed by atoms with Crippen molar-refractivity contribution in [2.24, 2.45) is 0 Å². The highest BCUT2D eigenvalue weighted by Gasteiger charge is 2.24. The molecule has 0 aliphatic carbocycles. The number of fused-ring (bicyclic) bond motifs is 1. The normalized spacial score (nSPS) is 16.9. The average molecular weight is 414 g/mol. The molecular weight excluding hydrogens is 390 g/mol. The van der Waals surface area contributed by atoms with E-state index >= 15 is 0 Å². The minimum atomic E-state index is 0.0285. The number of benzene rings is 2. The van der Waals surface area contributed by atoms with Gasteiger partial charge in [-0.3, -0.25) is 9.69 Å². The van der Waals surface area contributed by atoms with Gasteiger partial charge < -0.3 is 5.32 Å². The Bertz CT molecular complexity index is 951. The fraction of sp³-hybridized carbons (Fsp3) is 0.364. The lowest BCUT2D eigenvalue weighted by Gasteiger charge is -2.30. The SMILES string of the molecule is C[C@H](NC(=O)CN1CCC(c2nc3cc(Cl)ccc3s2)CC1)c1ccccc1. The minimum absolute atomic E-state index is 0.0285. The third-order valence-corrected chi connectivity index (χ3v) is 6.78. The van der Waals surface area contributed by atoms with Gasteiger partial charge in [0.1, 0.15) is 0 Å². The molecule has 2 aromatic carbocycles. The van der Waals surface area contributed by atoms with Crippen molar-refractivity contribution >= 4 is 39.1 Å². The Labute approximate surface area is 174 Å². The topological polar surface area (TPSA) is 45.2 Å². The molecule has 3 aromatic rings. The molecule has 0 saturated carbocycles. The number of aromatic nitrogens is 1. The molecule has 4 nitrogen and oxygen atoms in total. The Morgan fingerprint density at radius 3 is 2.75 bits per heavy atom. The second kappa shape index (κ2) is 8.60. The molecule has 1 aliphatic rings. The van der Waals surface area contributed by atoms with E-state index in [9.17, 15) is 4.79 Å². The van der Waals surface area contributed by atoms with Crippen molar-refractivity contribution in [3.8, 4) is 0 Å². The van der Waals surface area contributed by atoms with Gasteiger partial charge in [0.15, 0.2) is 0 Å². The van der Waals surface area contributed by atoms with E-state index in [1.165, 1.54) is 9.71 Å². The minimum Gasteiger partial charge on any atom is -0.348 e. The number of piperidine rings is 1. The zero-order valence-electron chi connectivity index (χ0n) is 15.9. The first-order chi connectivity index (χ1) is 13.6. The van der Waals surface area contributed by atoms with Crippen LogP contribution in [0.2, 0.25) is 5.02 Å². The summed E-state index contributed by atoms with van der Waals surface area (Å²) < 4.78 is 1.19. The van der Waals surface area contributed by atoms with Crippen LogP contribution in [0.5, 0.6) is 0 Å². The molecule has 1 saturated heterocycles. The zero-order chi connectivity index (χ0) is 19.5. The number of nitrogens with zero attached hydrogens (tertiary/aromatic N) is 2. The van der Waals surface area contributed by atoms with Crippen LogP contribution in [0.15, 0.2) is 48.5 Å². The predicted molar refractivity (Wildman–Crippen MR) is 116 cm³/mol. The van der Waals surface area contributed by atoms with E-state index in [0.29, 0.717) is 12.5 Å². The molecule has 0 radical (unpaired) electrons. The monoisotopic (exact) mass is 413 g/mol. The van der Waals surface area contributed by atoms with Crippen LogP contribution in [0, 0.1) is 0 Å². The van der Waals surface area contributed by atoms with Crippen molar-refractivity contribution < 1.29 is 4.79 Å². The summed E-state index contributed by atoms with van der Waals surface area (Å²) in [5.74, 6) is 0.558. The molecule has 2 heterocycles. The van der Waals surface area contributed by atoms with E-state index in [1.807, 2.05) is 55.5 Å². The summed E-state index contributed by atoms with van der Waals surface area (Å²) in [5.41, 5.74) is 2.12. The molecule has 1 aliphatic heterocycles. The maximum absolute atomic E-state index is 12.4. The zero-order valence-corrected chi connectivity index (χ0v) is 17.5. The van der Waals surface area contributed by atoms with Gasteiger partial charge in [0.05, 0.1) is 27.8 Å². The van der Waals surface area contributed by atoms with Crippen LogP contribution in [0.3, 0.4) is 0 Å². The quantitative estimate of drug-likeness (QED) is 0.639. The van der Waals surface area contributed by atoms with Crippen molar-refractivity contribution in [3.63, 3.8) is 0 Å². The molecule has 0 spiro atoms. The maximum atomic E-state index is 12.4. The van der Waals surface area contributed by atoms with E-state index in [4.69, 9.17) is 16.6 Å². The number of likely N-dealkylation sites (tertiary alicyclic amines) is 1. The van der Waals surface area contributed by atoms with Crippen LogP contribution in [0.1, 0.15) is 42.3 Å². The van der Waals surface area contributed by atoms with Gasteiger partial charge in [-0.15, -0.1) is 11.3 Å². The number of halogens is 1. The molecule has 6 heteroatoms. The van der Waals surface area contributed by atoms with Crippen LogP contribution in [0.25, 0.3) is 10.2 Å². The summed E-state index contributed by atoms with van der Waals surface area (Å²) in [6, 6.07) is 16.0. The second-order valence-electron chi connectivity index (χ2n) is 7.41. The van der Waals surface area contributed by atoms with Crippen molar-refractivity contribution in [1.82, 2.24) is 15.2 Å². The van der Waals surface area contributed by atoms with Gasteiger partial charge in [-0.1, -0.05) is 41.9 Å². The third-order valence-electron chi connectivity index (χ3n) is 5.35. The standard InChI is InChI=1S/C22H24ClN3OS/c1-15(16-5-3-2-4-6-16)24-21(27)14-26-11-9-17(10-12-26)22-25-19-13-18(23)7-8-20(19)28-22/h2-8,13,15,17H,9-12,14H2,1H3,(H,24,27)/t15-/m0/s1. The van der Waals surface area contributed by atoms with Crippen molar-refractivity contribution in [2.45, 2.75) is 31.7 Å². The number of hydrogen-bond donors (Lipinski definition) is 1. The van der Waals surface area contributed by atoms with Gasteiger partial charge >= 0.3 is 0 Å². The summed E-state index contributed by atoms with van der Waals surface area (Å²) in [6.07, 6.45) is 2.07. The lowest BCUT2D eigenvalue weighted by atomic mass is 9.97. The van der Waals surface area contributed by atoms with Gasteiger partial charge in [-0.2, -0.15) is 0 Å². The molecule has 28 heavy (non-hydrogen) atoms. The molecule has 1 N–H and O–H groups in total. The molecule has 1 amide bonds. The Balaban J connectivity index is 1.29. The predicted octanol–water partition coefficient (Wildman–Crippen LogP) is 5.01. The number of carbonyl (C=O) groups is 1. The second-order valence-corrected chi connectivity index (χ2v) is 8.91. The summed E-state index contributed by atoms with van der Waals surface area (Å²) in [5, 5.41) is 5.03. The Morgan fingerprint density at radius 2 is 2.00 bits per heavy atom. The average Bonchev–Trinajstić information content (AvgIpc) is 3.12. The van der Waals surface area contributed by atoms with Crippen molar-refractivity contribution in [2.75, 3.05) is 19.6 Å². The van der Waals surface area contributed by atoms with Crippen LogP contribution < -0.4 is 5.32 Å². The number of nitrogens with one attached hydrogen (secondary N) is 1. The summed E-state index contributed by atoms with van der Waals surface area (Å²) in [4.78, 5) is 19.5. The first-order valence-electron chi connectivity index (χ1n) is 9.71. The van der Waals surface area contributed by atoms with E-state index in [1.54, 1.807) is 11.3 Å². The largest absolute Gasteiger partial charge is 0.348 e. The number of amides is 1. The van der Waals surface area contributed by atoms with Crippen molar-refractivity contribution in [3.05, 3.63) is 64.1 Å². The molecule has 0 unspecified atom stereocenters. The highest BCUT2D eigenvalue weighted by molar-refractivity contribution is 7.18. The Kier molecular flexibility index (Phi) is 5.95. The van der Waals surface area contributed by atoms with E-state index in [-0.39, 0.29) is 11.9 Å². The number of rotatable bonds is 5. The first-order valence-corrected chi connectivity index (χ1v) is 10.9. The highest BCUT2D eigenvalue weighted by Crippen LogP contribution is 2.34. The molecule has 1 aromatic heterocycles. The fourth-order valence-corrected chi connectivity index (χ4v) is 5.03. The van der Waals surface area contributed by atoms with Gasteiger partial charge in [0, 0.05) is 10.9 Å². The molecule has 1 fully saturated rings. The van der Waals surface area contributed by atoms with E-state index < -0.39 is 0 Å². The maximum Gasteiger partial charge on any atom is 0.234 e. The summed E-state index contributed by atoms with van der Waals surface area (Å²) in [7, 11) is 0. The van der Waals surface area contributed by atoms with E-state index in [2.05, 4.69) is 10.2 Å². The first kappa shape index (κ1) is 19.4. The lowest BCUT2D eigenvalue weighted by Crippen LogP contribution is -2.41. The van der Waals surface area contributed by atoms with Crippen LogP contribution in [-0.2, 0) is 4.79 Å². The fourth-order valence-electron chi connectivity index (χ4n) is 3.75. The Hall–Kier alpha value is -1.95. The Morgan fingerprint density at radius 1 is 1.25 bits per heavy atom. The van der Waals surface area contributed by atoms with E-state index in [0.717, 1.165) is 42.0 Å². The molecule has 146 valence electrons. The third kappa shape index (κ3) is 4.54. The highest BCUT2D eigenvalue weighted by atomic mass is 35.5. The number of carbonyl (C=O) groups excluding carboxylic acids is 1. The van der Waals surface area contributed by atoms with Crippen LogP contribution in [-0.4, -0.2) is 35.4 Å². The number of thiazole rings is 1. The van der Waals surface area contributed by atoms with Crippen LogP contribution in [0.4, 0.5) is 0 Å². The summed E-state index contributed by atoms with van der Waals surface area (Å²) >= 11 is 7.84. The van der Waals surface area contributed by atoms with Gasteiger partial charge in [0.25, 0.3) is 0 Å². The molecule has 1 atom stereocenters. The smallest absolute Gasteiger partial charge is 0.234 e. The van der Waals surface area contributed by atoms with Crippen LogP contribution >= 0.6 is 22.9 Å². The summed E-state index contributed by atoms with van der Waals surface area (Å²) in [6.45, 7) is 4.33. The van der Waals surface area contributed by atoms with Gasteiger partial charge in [-0.05, 0) is 56.6 Å². The lowest BCUT2D eigenvalue weighted by molar-refractivity contribution is -0.123. The number of hydrogen-bond acceptors (Lipinski definition) is 4.